The topological polar surface area (TPSA) is 69.2 Å². The molecule has 7 heteroatoms. The predicted octanol–water partition coefficient (Wildman–Crippen LogP) is 5.71. The van der Waals surface area contributed by atoms with Gasteiger partial charge in [-0.05, 0) is 29.3 Å². The van der Waals surface area contributed by atoms with Gasteiger partial charge >= 0.3 is 0 Å². The summed E-state index contributed by atoms with van der Waals surface area (Å²) in [5.74, 6) is 2.14. The van der Waals surface area contributed by atoms with Crippen LogP contribution in [0.1, 0.15) is 25.1 Å². The van der Waals surface area contributed by atoms with E-state index in [9.17, 15) is 0 Å². The fourth-order valence-corrected chi connectivity index (χ4v) is 4.39. The molecule has 0 aliphatic carbocycles. The lowest BCUT2D eigenvalue weighted by atomic mass is 10.0. The van der Waals surface area contributed by atoms with Crippen LogP contribution in [0.4, 0.5) is 5.69 Å². The molecule has 0 fully saturated rings. The second-order valence-electron chi connectivity index (χ2n) is 7.19. The summed E-state index contributed by atoms with van der Waals surface area (Å²) in [4.78, 5) is 4.71. The van der Waals surface area contributed by atoms with E-state index in [1.165, 1.54) is 0 Å². The maximum atomic E-state index is 6.48. The molecule has 0 saturated carbocycles. The molecule has 1 aromatic heterocycles. The highest BCUT2D eigenvalue weighted by Gasteiger charge is 2.29. The number of nitrogens with one attached hydrogen (secondary N) is 1. The van der Waals surface area contributed by atoms with E-state index in [2.05, 4.69) is 40.6 Å². The van der Waals surface area contributed by atoms with Crippen molar-refractivity contribution in [1.29, 1.82) is 0 Å². The molecule has 0 unspecified atom stereocenters. The monoisotopic (exact) mass is 430 g/mol. The minimum atomic E-state index is -0.510. The summed E-state index contributed by atoms with van der Waals surface area (Å²) in [6.45, 7) is 2.13. The number of rotatable bonds is 5. The fraction of sp³-hybridized carbons (Fsp3) is 0.208. The number of aromatic nitrogens is 3. The van der Waals surface area contributed by atoms with Crippen LogP contribution in [0.25, 0.3) is 22.0 Å². The Bertz CT molecular complexity index is 1250. The highest BCUT2D eigenvalue weighted by atomic mass is 32.2. The first kappa shape index (κ1) is 19.6. The molecule has 6 nitrogen and oxygen atoms in total. The van der Waals surface area contributed by atoms with E-state index in [1.54, 1.807) is 18.9 Å². The van der Waals surface area contributed by atoms with Gasteiger partial charge in [-0.1, -0.05) is 67.2 Å². The van der Waals surface area contributed by atoms with Crippen molar-refractivity contribution in [2.24, 2.45) is 0 Å². The van der Waals surface area contributed by atoms with E-state index in [0.29, 0.717) is 16.7 Å². The zero-order valence-corrected chi connectivity index (χ0v) is 18.1. The van der Waals surface area contributed by atoms with Gasteiger partial charge in [0.25, 0.3) is 0 Å². The van der Waals surface area contributed by atoms with Gasteiger partial charge in [0.2, 0.25) is 17.3 Å². The first-order valence-electron chi connectivity index (χ1n) is 10.2. The number of para-hydroxylation sites is 1. The molecule has 4 aromatic rings. The Balaban J connectivity index is 1.69. The zero-order valence-electron chi connectivity index (χ0n) is 17.3. The molecular formula is C24H22N4O2S. The Morgan fingerprint density at radius 2 is 1.87 bits per heavy atom. The van der Waals surface area contributed by atoms with Crippen LogP contribution >= 0.6 is 11.8 Å². The lowest BCUT2D eigenvalue weighted by Crippen LogP contribution is -2.18. The molecule has 3 aromatic carbocycles. The average Bonchev–Trinajstić information content (AvgIpc) is 2.98. The van der Waals surface area contributed by atoms with Crippen molar-refractivity contribution in [1.82, 2.24) is 15.2 Å². The molecule has 156 valence electrons. The normalized spacial score (nSPS) is 14.7. The number of hydrogen-bond acceptors (Lipinski definition) is 7. The third-order valence-corrected chi connectivity index (χ3v) is 6.23. The molecule has 2 heterocycles. The largest absolute Gasteiger partial charge is 0.496 e. The maximum absolute atomic E-state index is 6.48. The summed E-state index contributed by atoms with van der Waals surface area (Å²) >= 11 is 1.58. The van der Waals surface area contributed by atoms with Crippen molar-refractivity contribution < 1.29 is 9.47 Å². The smallest absolute Gasteiger partial charge is 0.247 e. The summed E-state index contributed by atoms with van der Waals surface area (Å²) < 4.78 is 12.2. The summed E-state index contributed by atoms with van der Waals surface area (Å²) in [6, 6.07) is 20.2. The Morgan fingerprint density at radius 3 is 2.74 bits per heavy atom. The molecule has 0 bridgehead atoms. The molecule has 1 aliphatic rings. The summed E-state index contributed by atoms with van der Waals surface area (Å²) in [5, 5.41) is 15.1. The van der Waals surface area contributed by atoms with Gasteiger partial charge < -0.3 is 14.8 Å². The third-order valence-electron chi connectivity index (χ3n) is 5.18. The standard InChI is InChI=1S/C24H22N4O2S/c1-3-14-31-24-26-23-21(27-28-24)17-10-6-7-11-18(17)25-22(30-23)20-16-9-5-4-8-15(16)12-13-19(20)29-2/h4-13,22,25H,3,14H2,1-2H3/t22-/m1/s1. The SMILES string of the molecule is CCCSc1nnc2c(n1)O[C@H](c1c(OC)ccc3ccccc13)Nc1ccccc1-2. The van der Waals surface area contributed by atoms with E-state index >= 15 is 0 Å². The highest BCUT2D eigenvalue weighted by Crippen LogP contribution is 2.43. The van der Waals surface area contributed by atoms with Crippen LogP contribution in [0.15, 0.2) is 65.8 Å². The van der Waals surface area contributed by atoms with E-state index < -0.39 is 6.23 Å². The molecule has 0 amide bonds. The zero-order chi connectivity index (χ0) is 21.2. The van der Waals surface area contributed by atoms with Crippen LogP contribution in [-0.2, 0) is 0 Å². The van der Waals surface area contributed by atoms with Gasteiger partial charge in [-0.15, -0.1) is 10.2 Å². The quantitative estimate of drug-likeness (QED) is 0.407. The van der Waals surface area contributed by atoms with Crippen molar-refractivity contribution in [2.75, 3.05) is 18.2 Å². The van der Waals surface area contributed by atoms with Gasteiger partial charge in [0, 0.05) is 17.0 Å². The van der Waals surface area contributed by atoms with Crippen molar-refractivity contribution in [3.05, 3.63) is 66.2 Å². The van der Waals surface area contributed by atoms with E-state index in [1.807, 2.05) is 42.5 Å². The summed E-state index contributed by atoms with van der Waals surface area (Å²) in [5.41, 5.74) is 3.37. The Kier molecular flexibility index (Phi) is 5.34. The number of methoxy groups -OCH3 is 1. The highest BCUT2D eigenvalue weighted by molar-refractivity contribution is 7.99. The molecule has 0 radical (unpaired) electrons. The van der Waals surface area contributed by atoms with Crippen LogP contribution < -0.4 is 14.8 Å². The minimum absolute atomic E-state index is 0.464. The number of benzene rings is 3. The Hall–Kier alpha value is -3.32. The Labute approximate surface area is 185 Å². The maximum Gasteiger partial charge on any atom is 0.247 e. The van der Waals surface area contributed by atoms with Crippen molar-refractivity contribution in [2.45, 2.75) is 24.7 Å². The fourth-order valence-electron chi connectivity index (χ4n) is 3.76. The lowest BCUT2D eigenvalue weighted by Gasteiger charge is -2.23. The number of nitrogens with zero attached hydrogens (tertiary/aromatic N) is 3. The van der Waals surface area contributed by atoms with Crippen LogP contribution in [0.3, 0.4) is 0 Å². The van der Waals surface area contributed by atoms with Crippen LogP contribution in [0, 0.1) is 0 Å². The van der Waals surface area contributed by atoms with Gasteiger partial charge in [-0.25, -0.2) is 0 Å². The number of thioether (sulfide) groups is 1. The molecule has 1 atom stereocenters. The van der Waals surface area contributed by atoms with Crippen LogP contribution in [0.5, 0.6) is 11.6 Å². The van der Waals surface area contributed by atoms with E-state index in [-0.39, 0.29) is 0 Å². The van der Waals surface area contributed by atoms with Gasteiger partial charge in [-0.2, -0.15) is 4.98 Å². The Morgan fingerprint density at radius 1 is 1.03 bits per heavy atom. The first-order valence-corrected chi connectivity index (χ1v) is 11.2. The lowest BCUT2D eigenvalue weighted by molar-refractivity contribution is 0.221. The molecule has 5 rings (SSSR count). The third kappa shape index (κ3) is 3.65. The van der Waals surface area contributed by atoms with Gasteiger partial charge in [0.05, 0.1) is 12.7 Å². The second-order valence-corrected chi connectivity index (χ2v) is 8.25. The van der Waals surface area contributed by atoms with Gasteiger partial charge in [0.15, 0.2) is 5.69 Å². The van der Waals surface area contributed by atoms with Crippen molar-refractivity contribution in [3.8, 4) is 22.9 Å². The summed E-state index contributed by atoms with van der Waals surface area (Å²) in [7, 11) is 1.68. The van der Waals surface area contributed by atoms with Crippen molar-refractivity contribution in [3.63, 3.8) is 0 Å². The number of ether oxygens (including phenoxy) is 2. The molecule has 1 N–H and O–H groups in total. The molecule has 31 heavy (non-hydrogen) atoms. The molecule has 1 aliphatic heterocycles. The van der Waals surface area contributed by atoms with Crippen LogP contribution in [-0.4, -0.2) is 28.0 Å². The molecular weight excluding hydrogens is 408 g/mol. The van der Waals surface area contributed by atoms with Crippen LogP contribution in [0.2, 0.25) is 0 Å². The summed E-state index contributed by atoms with van der Waals surface area (Å²) in [6.07, 6.45) is 0.524. The molecule has 0 spiro atoms. The van der Waals surface area contributed by atoms with E-state index in [4.69, 9.17) is 14.5 Å². The average molecular weight is 431 g/mol. The number of fused-ring (bicyclic) bond motifs is 4. The number of anilines is 1. The predicted molar refractivity (Wildman–Crippen MR) is 124 cm³/mol. The molecule has 0 saturated heterocycles. The van der Waals surface area contributed by atoms with E-state index in [0.717, 1.165) is 45.5 Å². The van der Waals surface area contributed by atoms with Crippen molar-refractivity contribution >= 4 is 28.2 Å². The number of hydrogen-bond donors (Lipinski definition) is 1. The first-order chi connectivity index (χ1) is 15.3. The van der Waals surface area contributed by atoms with Gasteiger partial charge in [-0.3, -0.25) is 0 Å². The van der Waals surface area contributed by atoms with Gasteiger partial charge in [0.1, 0.15) is 5.75 Å². The minimum Gasteiger partial charge on any atom is -0.496 e. The second kappa shape index (κ2) is 8.43.